The van der Waals surface area contributed by atoms with Crippen LogP contribution in [0.3, 0.4) is 0 Å². The highest BCUT2D eigenvalue weighted by Crippen LogP contribution is 2.39. The molecule has 3 heteroatoms. The Hall–Kier alpha value is -1.71. The van der Waals surface area contributed by atoms with Crippen molar-refractivity contribution in [2.24, 2.45) is 5.73 Å². The molecule has 3 nitrogen and oxygen atoms in total. The first-order chi connectivity index (χ1) is 9.72. The van der Waals surface area contributed by atoms with Gasteiger partial charge in [0.25, 0.3) is 0 Å². The second kappa shape index (κ2) is 5.35. The maximum Gasteiger partial charge on any atom is 0.0473 e. The highest BCUT2D eigenvalue weighted by atomic mass is 15.1. The number of nitrogens with two attached hydrogens (primary N) is 1. The number of nitrogens with zero attached hydrogens (tertiary/aromatic N) is 2. The largest absolute Gasteiger partial charge is 0.329 e. The summed E-state index contributed by atoms with van der Waals surface area (Å²) in [5.74, 6) is 0.403. The van der Waals surface area contributed by atoms with E-state index < -0.39 is 0 Å². The van der Waals surface area contributed by atoms with E-state index in [4.69, 9.17) is 5.73 Å². The topological polar surface area (TPSA) is 42.1 Å². The molecule has 0 saturated heterocycles. The van der Waals surface area contributed by atoms with Gasteiger partial charge in [0, 0.05) is 37.4 Å². The number of aryl methyl sites for hydroxylation is 1. The summed E-state index contributed by atoms with van der Waals surface area (Å²) >= 11 is 0. The zero-order chi connectivity index (χ0) is 14.1. The van der Waals surface area contributed by atoms with Crippen molar-refractivity contribution in [2.45, 2.75) is 18.9 Å². The van der Waals surface area contributed by atoms with Gasteiger partial charge in [0.15, 0.2) is 0 Å². The molecule has 1 aliphatic rings. The molecule has 2 atom stereocenters. The molecule has 0 saturated carbocycles. The third-order valence-corrected chi connectivity index (χ3v) is 4.40. The maximum atomic E-state index is 6.01. The van der Waals surface area contributed by atoms with Crippen molar-refractivity contribution in [3.05, 3.63) is 65.0 Å². The SMILES string of the molecule is Cc1cccc2c1C(CN)N(C)CC2c1ccncc1. The van der Waals surface area contributed by atoms with E-state index in [1.807, 2.05) is 12.4 Å². The molecule has 1 aromatic heterocycles. The Morgan fingerprint density at radius 3 is 2.70 bits per heavy atom. The lowest BCUT2D eigenvalue weighted by atomic mass is 9.80. The van der Waals surface area contributed by atoms with Gasteiger partial charge in [0.1, 0.15) is 0 Å². The quantitative estimate of drug-likeness (QED) is 0.909. The fourth-order valence-corrected chi connectivity index (χ4v) is 3.37. The Labute approximate surface area is 120 Å². The number of hydrogen-bond donors (Lipinski definition) is 1. The zero-order valence-corrected chi connectivity index (χ0v) is 12.1. The van der Waals surface area contributed by atoms with Crippen molar-refractivity contribution in [1.82, 2.24) is 9.88 Å². The first kappa shape index (κ1) is 13.3. The third-order valence-electron chi connectivity index (χ3n) is 4.40. The number of pyridine rings is 1. The summed E-state index contributed by atoms with van der Waals surface area (Å²) in [5.41, 5.74) is 11.5. The van der Waals surface area contributed by atoms with Gasteiger partial charge >= 0.3 is 0 Å². The molecular weight excluding hydrogens is 246 g/mol. The summed E-state index contributed by atoms with van der Waals surface area (Å²) in [7, 11) is 2.17. The van der Waals surface area contributed by atoms with Crippen LogP contribution in [-0.2, 0) is 0 Å². The Bertz CT molecular complexity index is 594. The van der Waals surface area contributed by atoms with Gasteiger partial charge < -0.3 is 5.73 Å². The van der Waals surface area contributed by atoms with Crippen LogP contribution in [0.1, 0.15) is 34.2 Å². The Kier molecular flexibility index (Phi) is 3.55. The van der Waals surface area contributed by atoms with E-state index in [1.54, 1.807) is 0 Å². The van der Waals surface area contributed by atoms with E-state index in [0.717, 1.165) is 6.54 Å². The van der Waals surface area contributed by atoms with Crippen LogP contribution >= 0.6 is 0 Å². The van der Waals surface area contributed by atoms with Crippen LogP contribution in [0.4, 0.5) is 0 Å². The first-order valence-corrected chi connectivity index (χ1v) is 7.12. The summed E-state index contributed by atoms with van der Waals surface area (Å²) in [6.07, 6.45) is 3.75. The Balaban J connectivity index is 2.14. The fraction of sp³-hybridized carbons (Fsp3) is 0.353. The number of hydrogen-bond acceptors (Lipinski definition) is 3. The molecular formula is C17H21N3. The van der Waals surface area contributed by atoms with Crippen LogP contribution in [0, 0.1) is 6.92 Å². The van der Waals surface area contributed by atoms with E-state index in [2.05, 4.69) is 54.2 Å². The molecule has 2 N–H and O–H groups in total. The molecule has 0 radical (unpaired) electrons. The summed E-state index contributed by atoms with van der Waals surface area (Å²) < 4.78 is 0. The minimum absolute atomic E-state index is 0.323. The normalized spacial score (nSPS) is 22.6. The lowest BCUT2D eigenvalue weighted by Gasteiger charge is -2.39. The molecule has 2 heterocycles. The van der Waals surface area contributed by atoms with Gasteiger partial charge in [-0.15, -0.1) is 0 Å². The summed E-state index contributed by atoms with van der Waals surface area (Å²) in [6, 6.07) is 11.2. The van der Waals surface area contributed by atoms with Gasteiger partial charge in [-0.05, 0) is 48.4 Å². The van der Waals surface area contributed by atoms with Gasteiger partial charge in [0.05, 0.1) is 0 Å². The predicted molar refractivity (Wildman–Crippen MR) is 81.7 cm³/mol. The van der Waals surface area contributed by atoms with Crippen molar-refractivity contribution >= 4 is 0 Å². The minimum Gasteiger partial charge on any atom is -0.329 e. The molecule has 0 bridgehead atoms. The van der Waals surface area contributed by atoms with Gasteiger partial charge in [-0.3, -0.25) is 9.88 Å². The van der Waals surface area contributed by atoms with Crippen LogP contribution in [-0.4, -0.2) is 30.0 Å². The van der Waals surface area contributed by atoms with Gasteiger partial charge in [-0.25, -0.2) is 0 Å². The number of likely N-dealkylation sites (N-methyl/N-ethyl adjacent to an activating group) is 1. The molecule has 0 spiro atoms. The van der Waals surface area contributed by atoms with Crippen LogP contribution in [0.5, 0.6) is 0 Å². The van der Waals surface area contributed by atoms with Crippen LogP contribution in [0.15, 0.2) is 42.7 Å². The average molecular weight is 267 g/mol. The number of benzene rings is 1. The lowest BCUT2D eigenvalue weighted by Crippen LogP contribution is -2.39. The van der Waals surface area contributed by atoms with E-state index in [-0.39, 0.29) is 0 Å². The Morgan fingerprint density at radius 1 is 1.25 bits per heavy atom. The van der Waals surface area contributed by atoms with E-state index in [9.17, 15) is 0 Å². The van der Waals surface area contributed by atoms with E-state index in [1.165, 1.54) is 22.3 Å². The number of fused-ring (bicyclic) bond motifs is 1. The Morgan fingerprint density at radius 2 is 2.00 bits per heavy atom. The second-order valence-electron chi connectivity index (χ2n) is 5.60. The maximum absolute atomic E-state index is 6.01. The molecule has 0 amide bonds. The van der Waals surface area contributed by atoms with Gasteiger partial charge in [-0.1, -0.05) is 18.2 Å². The molecule has 2 unspecified atom stereocenters. The second-order valence-corrected chi connectivity index (χ2v) is 5.60. The third kappa shape index (κ3) is 2.13. The first-order valence-electron chi connectivity index (χ1n) is 7.12. The van der Waals surface area contributed by atoms with Crippen molar-refractivity contribution in [2.75, 3.05) is 20.1 Å². The molecule has 3 rings (SSSR count). The van der Waals surface area contributed by atoms with Gasteiger partial charge in [-0.2, -0.15) is 0 Å². The molecule has 0 fully saturated rings. The highest BCUT2D eigenvalue weighted by Gasteiger charge is 2.31. The van der Waals surface area contributed by atoms with Crippen molar-refractivity contribution in [3.63, 3.8) is 0 Å². The van der Waals surface area contributed by atoms with Crippen LogP contribution in [0.2, 0.25) is 0 Å². The molecule has 1 aromatic carbocycles. The molecule has 2 aromatic rings. The van der Waals surface area contributed by atoms with Crippen molar-refractivity contribution in [1.29, 1.82) is 0 Å². The number of rotatable bonds is 2. The summed E-state index contributed by atoms with van der Waals surface area (Å²) in [6.45, 7) is 3.85. The van der Waals surface area contributed by atoms with Crippen LogP contribution < -0.4 is 5.73 Å². The molecule has 104 valence electrons. The molecule has 20 heavy (non-hydrogen) atoms. The fourth-order valence-electron chi connectivity index (χ4n) is 3.37. The standard InChI is InChI=1S/C17H21N3/c1-12-4-3-5-14-15(13-6-8-19-9-7-13)11-20(2)16(10-18)17(12)14/h3-9,15-16H,10-11,18H2,1-2H3. The van der Waals surface area contributed by atoms with E-state index >= 15 is 0 Å². The van der Waals surface area contributed by atoms with Gasteiger partial charge in [0.2, 0.25) is 0 Å². The molecule has 1 aliphatic heterocycles. The van der Waals surface area contributed by atoms with Crippen molar-refractivity contribution in [3.8, 4) is 0 Å². The lowest BCUT2D eigenvalue weighted by molar-refractivity contribution is 0.223. The summed E-state index contributed by atoms with van der Waals surface area (Å²) in [5, 5.41) is 0. The predicted octanol–water partition coefficient (Wildman–Crippen LogP) is 2.47. The smallest absolute Gasteiger partial charge is 0.0473 e. The summed E-state index contributed by atoms with van der Waals surface area (Å²) in [4.78, 5) is 6.51. The average Bonchev–Trinajstić information content (AvgIpc) is 2.48. The van der Waals surface area contributed by atoms with E-state index in [0.29, 0.717) is 18.5 Å². The number of aromatic nitrogens is 1. The monoisotopic (exact) mass is 267 g/mol. The van der Waals surface area contributed by atoms with Crippen LogP contribution in [0.25, 0.3) is 0 Å². The highest BCUT2D eigenvalue weighted by molar-refractivity contribution is 5.45. The van der Waals surface area contributed by atoms with Crippen molar-refractivity contribution < 1.29 is 0 Å². The molecule has 0 aliphatic carbocycles. The zero-order valence-electron chi connectivity index (χ0n) is 12.1. The minimum atomic E-state index is 0.323.